The van der Waals surface area contributed by atoms with Crippen molar-refractivity contribution in [2.24, 2.45) is 0 Å². The summed E-state index contributed by atoms with van der Waals surface area (Å²) >= 11 is 0. The second-order valence-electron chi connectivity index (χ2n) is 3.03. The Morgan fingerprint density at radius 2 is 2.09 bits per heavy atom. The van der Waals surface area contributed by atoms with Gasteiger partial charge in [-0.15, -0.1) is 5.10 Å². The fourth-order valence-corrected chi connectivity index (χ4v) is 1.21. The minimum atomic E-state index is 0.482. The summed E-state index contributed by atoms with van der Waals surface area (Å²) < 4.78 is 1.93. The molecular weight excluding hydrogens is 138 g/mol. The van der Waals surface area contributed by atoms with Crippen LogP contribution in [0.3, 0.4) is 0 Å². The van der Waals surface area contributed by atoms with Gasteiger partial charge in [-0.1, -0.05) is 19.1 Å². The largest absolute Gasteiger partial charge is 0.250 e. The van der Waals surface area contributed by atoms with Crippen LogP contribution in [0.1, 0.15) is 38.1 Å². The highest BCUT2D eigenvalue weighted by molar-refractivity contribution is 5.11. The third kappa shape index (κ3) is 1.42. The Morgan fingerprint density at radius 3 is 2.36 bits per heavy atom. The SMILES string of the molecule is CCn1nnc(C(C)C)c1C. The van der Waals surface area contributed by atoms with Crippen LogP contribution in [0.5, 0.6) is 0 Å². The van der Waals surface area contributed by atoms with Crippen molar-refractivity contribution < 1.29 is 0 Å². The predicted molar refractivity (Wildman–Crippen MR) is 44.5 cm³/mol. The molecule has 0 aromatic carbocycles. The fourth-order valence-electron chi connectivity index (χ4n) is 1.21. The molecule has 0 saturated carbocycles. The molecule has 1 rings (SSSR count). The number of aryl methyl sites for hydroxylation is 1. The Kier molecular flexibility index (Phi) is 2.27. The summed E-state index contributed by atoms with van der Waals surface area (Å²) in [5.41, 5.74) is 2.31. The van der Waals surface area contributed by atoms with Crippen LogP contribution >= 0.6 is 0 Å². The van der Waals surface area contributed by atoms with Gasteiger partial charge in [-0.25, -0.2) is 4.68 Å². The summed E-state index contributed by atoms with van der Waals surface area (Å²) in [6.45, 7) is 9.32. The van der Waals surface area contributed by atoms with Crippen LogP contribution in [0.4, 0.5) is 0 Å². The first-order valence-corrected chi connectivity index (χ1v) is 4.06. The van der Waals surface area contributed by atoms with Crippen molar-refractivity contribution in [2.45, 2.75) is 40.2 Å². The second-order valence-corrected chi connectivity index (χ2v) is 3.03. The molecule has 0 aliphatic rings. The molecule has 0 atom stereocenters. The zero-order chi connectivity index (χ0) is 8.43. The highest BCUT2D eigenvalue weighted by Gasteiger charge is 2.09. The smallest absolute Gasteiger partial charge is 0.0881 e. The lowest BCUT2D eigenvalue weighted by Crippen LogP contribution is -1.99. The minimum Gasteiger partial charge on any atom is -0.250 e. The lowest BCUT2D eigenvalue weighted by molar-refractivity contribution is 0.611. The van der Waals surface area contributed by atoms with E-state index in [1.165, 1.54) is 5.69 Å². The van der Waals surface area contributed by atoms with E-state index in [9.17, 15) is 0 Å². The maximum atomic E-state index is 4.10. The molecule has 0 amide bonds. The van der Waals surface area contributed by atoms with Crippen molar-refractivity contribution in [2.75, 3.05) is 0 Å². The van der Waals surface area contributed by atoms with Gasteiger partial charge in [0, 0.05) is 6.54 Å². The Hall–Kier alpha value is -0.860. The van der Waals surface area contributed by atoms with Gasteiger partial charge < -0.3 is 0 Å². The summed E-state index contributed by atoms with van der Waals surface area (Å²) in [5, 5.41) is 8.12. The Bertz CT molecular complexity index is 237. The average Bonchev–Trinajstić information content (AvgIpc) is 2.30. The molecule has 0 aliphatic heterocycles. The van der Waals surface area contributed by atoms with E-state index in [4.69, 9.17) is 0 Å². The minimum absolute atomic E-state index is 0.482. The lowest BCUT2D eigenvalue weighted by atomic mass is 10.1. The number of rotatable bonds is 2. The summed E-state index contributed by atoms with van der Waals surface area (Å²) in [7, 11) is 0. The van der Waals surface area contributed by atoms with Gasteiger partial charge in [-0.05, 0) is 19.8 Å². The van der Waals surface area contributed by atoms with Crippen LogP contribution in [0, 0.1) is 6.92 Å². The second kappa shape index (κ2) is 3.03. The van der Waals surface area contributed by atoms with E-state index in [0.717, 1.165) is 12.2 Å². The molecule has 0 aliphatic carbocycles. The summed E-state index contributed by atoms with van der Waals surface area (Å²) in [6, 6.07) is 0. The van der Waals surface area contributed by atoms with Crippen LogP contribution < -0.4 is 0 Å². The van der Waals surface area contributed by atoms with E-state index >= 15 is 0 Å². The van der Waals surface area contributed by atoms with E-state index in [-0.39, 0.29) is 0 Å². The van der Waals surface area contributed by atoms with Crippen molar-refractivity contribution in [3.8, 4) is 0 Å². The number of hydrogen-bond donors (Lipinski definition) is 0. The fraction of sp³-hybridized carbons (Fsp3) is 0.750. The van der Waals surface area contributed by atoms with Gasteiger partial charge in [-0.3, -0.25) is 0 Å². The molecule has 3 nitrogen and oxygen atoms in total. The predicted octanol–water partition coefficient (Wildman–Crippen LogP) is 1.73. The van der Waals surface area contributed by atoms with Crippen LogP contribution in [0.25, 0.3) is 0 Å². The monoisotopic (exact) mass is 153 g/mol. The Morgan fingerprint density at radius 1 is 1.45 bits per heavy atom. The maximum Gasteiger partial charge on any atom is 0.0881 e. The van der Waals surface area contributed by atoms with Gasteiger partial charge in [0.2, 0.25) is 0 Å². The van der Waals surface area contributed by atoms with Gasteiger partial charge in [0.05, 0.1) is 11.4 Å². The summed E-state index contributed by atoms with van der Waals surface area (Å²) in [5.74, 6) is 0.482. The van der Waals surface area contributed by atoms with E-state index in [1.807, 2.05) is 4.68 Å². The van der Waals surface area contributed by atoms with Gasteiger partial charge in [0.1, 0.15) is 0 Å². The number of hydrogen-bond acceptors (Lipinski definition) is 2. The van der Waals surface area contributed by atoms with E-state index in [2.05, 4.69) is 38.0 Å². The maximum absolute atomic E-state index is 4.10. The van der Waals surface area contributed by atoms with Crippen LogP contribution in [-0.4, -0.2) is 15.0 Å². The molecule has 3 heteroatoms. The topological polar surface area (TPSA) is 30.7 Å². The third-order valence-electron chi connectivity index (χ3n) is 1.86. The lowest BCUT2D eigenvalue weighted by Gasteiger charge is -2.01. The van der Waals surface area contributed by atoms with E-state index < -0.39 is 0 Å². The molecule has 0 radical (unpaired) electrons. The standard InChI is InChI=1S/C8H15N3/c1-5-11-7(4)8(6(2)3)9-10-11/h6H,5H2,1-4H3. The summed E-state index contributed by atoms with van der Waals surface area (Å²) in [4.78, 5) is 0. The number of nitrogens with zero attached hydrogens (tertiary/aromatic N) is 3. The molecule has 1 aromatic rings. The van der Waals surface area contributed by atoms with Crippen molar-refractivity contribution in [3.63, 3.8) is 0 Å². The highest BCUT2D eigenvalue weighted by atomic mass is 15.4. The molecule has 1 aromatic heterocycles. The normalized spacial score (nSPS) is 11.0. The molecule has 0 spiro atoms. The Labute approximate surface area is 67.4 Å². The molecule has 11 heavy (non-hydrogen) atoms. The average molecular weight is 153 g/mol. The molecule has 62 valence electrons. The van der Waals surface area contributed by atoms with Crippen LogP contribution in [-0.2, 0) is 6.54 Å². The van der Waals surface area contributed by atoms with Gasteiger partial charge in [0.15, 0.2) is 0 Å². The number of aromatic nitrogens is 3. The van der Waals surface area contributed by atoms with Crippen molar-refractivity contribution in [1.82, 2.24) is 15.0 Å². The molecule has 1 heterocycles. The van der Waals surface area contributed by atoms with Crippen LogP contribution in [0.15, 0.2) is 0 Å². The van der Waals surface area contributed by atoms with Crippen LogP contribution in [0.2, 0.25) is 0 Å². The van der Waals surface area contributed by atoms with Gasteiger partial charge >= 0.3 is 0 Å². The Balaban J connectivity index is 3.00. The molecule has 0 saturated heterocycles. The van der Waals surface area contributed by atoms with Crippen molar-refractivity contribution in [3.05, 3.63) is 11.4 Å². The molecule has 0 N–H and O–H groups in total. The molecule has 0 bridgehead atoms. The summed E-state index contributed by atoms with van der Waals surface area (Å²) in [6.07, 6.45) is 0. The molecular formula is C8H15N3. The van der Waals surface area contributed by atoms with Gasteiger partial charge in [-0.2, -0.15) is 0 Å². The molecule has 0 fully saturated rings. The van der Waals surface area contributed by atoms with Crippen molar-refractivity contribution >= 4 is 0 Å². The first-order chi connectivity index (χ1) is 5.16. The molecule has 0 unspecified atom stereocenters. The zero-order valence-corrected chi connectivity index (χ0v) is 7.63. The van der Waals surface area contributed by atoms with E-state index in [1.54, 1.807) is 0 Å². The third-order valence-corrected chi connectivity index (χ3v) is 1.86. The van der Waals surface area contributed by atoms with Crippen molar-refractivity contribution in [1.29, 1.82) is 0 Å². The van der Waals surface area contributed by atoms with E-state index in [0.29, 0.717) is 5.92 Å². The quantitative estimate of drug-likeness (QED) is 0.647. The zero-order valence-electron chi connectivity index (χ0n) is 7.63. The first-order valence-electron chi connectivity index (χ1n) is 4.06. The highest BCUT2D eigenvalue weighted by Crippen LogP contribution is 2.14. The van der Waals surface area contributed by atoms with Gasteiger partial charge in [0.25, 0.3) is 0 Å². The first kappa shape index (κ1) is 8.24.